The Morgan fingerprint density at radius 3 is 2.15 bits per heavy atom. The van der Waals surface area contributed by atoms with E-state index in [1.54, 1.807) is 6.07 Å². The molecule has 0 saturated carbocycles. The van der Waals surface area contributed by atoms with E-state index in [0.717, 1.165) is 16.5 Å². The van der Waals surface area contributed by atoms with Crippen molar-refractivity contribution in [1.29, 1.82) is 0 Å². The summed E-state index contributed by atoms with van der Waals surface area (Å²) in [4.78, 5) is 0. The van der Waals surface area contributed by atoms with E-state index in [0.29, 0.717) is 11.2 Å². The number of anilines is 2. The zero-order valence-electron chi connectivity index (χ0n) is 14.9. The highest BCUT2D eigenvalue weighted by molar-refractivity contribution is 14.1. The minimum absolute atomic E-state index is 0.318. The predicted octanol–water partition coefficient (Wildman–Crippen LogP) is 6.76. The number of nitrogens with zero attached hydrogens (tertiary/aromatic N) is 1. The Morgan fingerprint density at radius 1 is 0.808 bits per heavy atom. The van der Waals surface area contributed by atoms with Gasteiger partial charge in [0.05, 0.1) is 42.3 Å². The zero-order valence-corrected chi connectivity index (χ0v) is 18.0. The van der Waals surface area contributed by atoms with Crippen molar-refractivity contribution in [2.45, 2.75) is 19.6 Å². The molecule has 0 bridgehead atoms. The highest BCUT2D eigenvalue weighted by Crippen LogP contribution is 2.40. The average molecular weight is 475 g/mol. The number of hydrogen-bond donors (Lipinski definition) is 0. The minimum atomic E-state index is -1.52. The van der Waals surface area contributed by atoms with E-state index < -0.39 is 8.07 Å². The summed E-state index contributed by atoms with van der Waals surface area (Å²) >= 11 is 2.32. The molecule has 0 saturated heterocycles. The van der Waals surface area contributed by atoms with Gasteiger partial charge in [0, 0.05) is 10.8 Å². The molecule has 0 atom stereocenters. The van der Waals surface area contributed by atoms with E-state index in [-0.39, 0.29) is 5.82 Å². The van der Waals surface area contributed by atoms with Crippen LogP contribution in [0, 0.1) is 5.82 Å². The third kappa shape index (κ3) is 2.83. The summed E-state index contributed by atoms with van der Waals surface area (Å²) in [6.45, 7) is 7.02. The van der Waals surface area contributed by atoms with Gasteiger partial charge in [-0.3, -0.25) is 3.11 Å². The largest absolute Gasteiger partial charge is 0.451 e. The topological polar surface area (TPSA) is 16.4 Å². The molecule has 1 heterocycles. The van der Waals surface area contributed by atoms with Gasteiger partial charge in [-0.05, 0) is 23.4 Å². The number of halogens is 2. The predicted molar refractivity (Wildman–Crippen MR) is 119 cm³/mol. The molecule has 4 rings (SSSR count). The van der Waals surface area contributed by atoms with Crippen molar-refractivity contribution in [1.82, 2.24) is 0 Å². The van der Waals surface area contributed by atoms with Crippen LogP contribution in [-0.2, 0) is 0 Å². The maximum atomic E-state index is 14.2. The van der Waals surface area contributed by atoms with Crippen LogP contribution in [0.5, 0.6) is 0 Å². The van der Waals surface area contributed by atoms with E-state index in [1.165, 1.54) is 16.9 Å². The van der Waals surface area contributed by atoms with Crippen molar-refractivity contribution in [2.75, 3.05) is 3.11 Å². The third-order valence-corrected chi connectivity index (χ3v) is 7.67. The lowest BCUT2D eigenvalue weighted by Crippen LogP contribution is -2.39. The molecule has 0 aliphatic heterocycles. The first-order chi connectivity index (χ1) is 12.4. The highest BCUT2D eigenvalue weighted by atomic mass is 127. The summed E-state index contributed by atoms with van der Waals surface area (Å²) in [5, 5.41) is 3.13. The quantitative estimate of drug-likeness (QED) is 0.185. The summed E-state index contributed by atoms with van der Waals surface area (Å²) in [5.41, 5.74) is 3.13. The van der Waals surface area contributed by atoms with Crippen molar-refractivity contribution >= 4 is 69.4 Å². The normalized spacial score (nSPS) is 12.0. The summed E-state index contributed by atoms with van der Waals surface area (Å²) in [6.07, 6.45) is 0. The summed E-state index contributed by atoms with van der Waals surface area (Å²) in [6, 6.07) is 19.6. The van der Waals surface area contributed by atoms with Crippen LogP contribution in [0.4, 0.5) is 15.8 Å². The lowest BCUT2D eigenvalue weighted by atomic mass is 10.1. The van der Waals surface area contributed by atoms with Gasteiger partial charge in [-0.25, -0.2) is 4.39 Å². The number of para-hydroxylation sites is 3. The summed E-state index contributed by atoms with van der Waals surface area (Å²) < 4.78 is 22.3. The van der Waals surface area contributed by atoms with E-state index in [1.807, 2.05) is 24.3 Å². The molecule has 3 aromatic carbocycles. The van der Waals surface area contributed by atoms with Gasteiger partial charge in [-0.1, -0.05) is 62.1 Å². The van der Waals surface area contributed by atoms with E-state index in [9.17, 15) is 4.39 Å². The number of benzene rings is 3. The van der Waals surface area contributed by atoms with E-state index in [2.05, 4.69) is 69.9 Å². The van der Waals surface area contributed by atoms with Crippen molar-refractivity contribution in [2.24, 2.45) is 0 Å². The van der Waals surface area contributed by atoms with E-state index >= 15 is 0 Å². The van der Waals surface area contributed by atoms with Crippen LogP contribution in [-0.4, -0.2) is 8.07 Å². The fraction of sp³-hybridized carbons (Fsp3) is 0.143. The number of furan rings is 1. The van der Waals surface area contributed by atoms with Crippen LogP contribution in [0.15, 0.2) is 65.1 Å². The Labute approximate surface area is 167 Å². The van der Waals surface area contributed by atoms with Gasteiger partial charge in [0.15, 0.2) is 17.0 Å². The van der Waals surface area contributed by atoms with Crippen molar-refractivity contribution in [3.63, 3.8) is 0 Å². The summed E-state index contributed by atoms with van der Waals surface area (Å²) in [5.74, 6) is -0.327. The second kappa shape index (κ2) is 6.39. The molecule has 0 fully saturated rings. The molecule has 0 unspecified atom stereocenters. The first-order valence-corrected chi connectivity index (χ1v) is 13.0. The highest BCUT2D eigenvalue weighted by Gasteiger charge is 2.24. The molecule has 132 valence electrons. The Hall–Kier alpha value is -1.86. The van der Waals surface area contributed by atoms with Gasteiger partial charge in [0.1, 0.15) is 0 Å². The van der Waals surface area contributed by atoms with Gasteiger partial charge in [0.25, 0.3) is 0 Å². The smallest absolute Gasteiger partial charge is 0.171 e. The van der Waals surface area contributed by atoms with Crippen LogP contribution >= 0.6 is 22.9 Å². The molecule has 2 nitrogen and oxygen atoms in total. The van der Waals surface area contributed by atoms with Crippen molar-refractivity contribution in [3.8, 4) is 0 Å². The zero-order chi connectivity index (χ0) is 18.5. The van der Waals surface area contributed by atoms with Gasteiger partial charge < -0.3 is 4.42 Å². The summed E-state index contributed by atoms with van der Waals surface area (Å²) in [7, 11) is -1.52. The van der Waals surface area contributed by atoms with Crippen LogP contribution in [0.2, 0.25) is 19.6 Å². The molecule has 0 aliphatic carbocycles. The lowest BCUT2D eigenvalue weighted by Gasteiger charge is -2.26. The molecule has 26 heavy (non-hydrogen) atoms. The van der Waals surface area contributed by atoms with Crippen LogP contribution < -0.4 is 8.30 Å². The molecule has 1 aromatic heterocycles. The van der Waals surface area contributed by atoms with Gasteiger partial charge in [0.2, 0.25) is 0 Å². The van der Waals surface area contributed by atoms with Crippen molar-refractivity contribution in [3.05, 3.63) is 66.5 Å². The van der Waals surface area contributed by atoms with Crippen molar-refractivity contribution < 1.29 is 8.81 Å². The number of fused-ring (bicyclic) bond motifs is 3. The van der Waals surface area contributed by atoms with Gasteiger partial charge >= 0.3 is 0 Å². The second-order valence-electron chi connectivity index (χ2n) is 7.42. The maximum absolute atomic E-state index is 14.2. The second-order valence-corrected chi connectivity index (χ2v) is 13.4. The minimum Gasteiger partial charge on any atom is -0.451 e. The molecule has 4 aromatic rings. The fourth-order valence-electron chi connectivity index (χ4n) is 3.33. The maximum Gasteiger partial charge on any atom is 0.171 e. The molecule has 0 amide bonds. The average Bonchev–Trinajstić information content (AvgIpc) is 3.01. The monoisotopic (exact) mass is 475 g/mol. The molecular formula is C21H19FINOSi. The molecule has 0 spiro atoms. The molecule has 5 heteroatoms. The van der Waals surface area contributed by atoms with Crippen LogP contribution in [0.25, 0.3) is 21.9 Å². The van der Waals surface area contributed by atoms with Crippen LogP contribution in [0.3, 0.4) is 0 Å². The Bertz CT molecular complexity index is 1120. The first kappa shape index (κ1) is 17.5. The fourth-order valence-corrected chi connectivity index (χ4v) is 5.92. The molecular weight excluding hydrogens is 456 g/mol. The Kier molecular flexibility index (Phi) is 4.31. The van der Waals surface area contributed by atoms with Crippen LogP contribution in [0.1, 0.15) is 0 Å². The number of rotatable bonds is 3. The van der Waals surface area contributed by atoms with Gasteiger partial charge in [-0.15, -0.1) is 0 Å². The van der Waals surface area contributed by atoms with E-state index in [4.69, 9.17) is 4.42 Å². The first-order valence-electron chi connectivity index (χ1n) is 8.53. The molecule has 0 aliphatic rings. The van der Waals surface area contributed by atoms with Gasteiger partial charge in [-0.2, -0.15) is 0 Å². The SMILES string of the molecule is C[Si](C)(C)c1ccccc1N(I)c1cccc2c1oc1c(F)cccc12. The standard InChI is InChI=1S/C21H19FINOSi/c1-26(2,3)19-13-5-4-11-17(19)24(23)18-12-7-9-15-14-8-6-10-16(22)20(14)25-21(15)18/h4-13H,1-3H3. The number of hydrogen-bond acceptors (Lipinski definition) is 2. The lowest BCUT2D eigenvalue weighted by molar-refractivity contribution is 0.584. The Balaban J connectivity index is 1.96. The molecule has 0 radical (unpaired) electrons. The molecule has 0 N–H and O–H groups in total. The third-order valence-electron chi connectivity index (χ3n) is 4.59. The Morgan fingerprint density at radius 2 is 1.42 bits per heavy atom.